The Morgan fingerprint density at radius 3 is 2.10 bits per heavy atom. The molecule has 0 aromatic heterocycles. The molecule has 3 amide bonds. The third-order valence-electron chi connectivity index (χ3n) is 3.75. The Labute approximate surface area is 172 Å². The molecule has 0 rings (SSSR count). The molecule has 0 aliphatic carbocycles. The van der Waals surface area contributed by atoms with Gasteiger partial charge in [-0.3, -0.25) is 29.0 Å². The normalized spacial score (nSPS) is 13.3. The minimum absolute atomic E-state index is 0.101. The molecule has 0 aromatic rings. The van der Waals surface area contributed by atoms with Gasteiger partial charge in [0.05, 0.1) is 6.04 Å². The fourth-order valence-electron chi connectivity index (χ4n) is 2.16. The molecule has 14 nitrogen and oxygen atoms in total. The maximum atomic E-state index is 12.5. The van der Waals surface area contributed by atoms with Crippen molar-refractivity contribution in [3.63, 3.8) is 0 Å². The van der Waals surface area contributed by atoms with Gasteiger partial charge in [-0.1, -0.05) is 0 Å². The first-order valence-electron chi connectivity index (χ1n) is 9.07. The average Bonchev–Trinajstić information content (AvgIpc) is 2.65. The highest BCUT2D eigenvalue weighted by atomic mass is 16.4. The van der Waals surface area contributed by atoms with E-state index >= 15 is 0 Å². The molecule has 0 saturated carbocycles. The van der Waals surface area contributed by atoms with E-state index in [1.54, 1.807) is 0 Å². The van der Waals surface area contributed by atoms with Gasteiger partial charge in [0, 0.05) is 13.0 Å². The standard InChI is InChI=1S/C16H29N7O7/c1-8(13(28)21-7-12(26)27)22-15(30)10(3-2-6-20-16(18)19)23-14(29)9(17)4-5-11(24)25/h8-10H,2-7,17H2,1H3,(H,21,28)(H,22,30)(H,23,29)(H,24,25)(H,26,27)(H4,18,19,20). The Hall–Kier alpha value is -3.42. The van der Waals surface area contributed by atoms with Crippen LogP contribution in [-0.4, -0.2) is 77.0 Å². The Kier molecular flexibility index (Phi) is 12.1. The molecule has 3 atom stereocenters. The van der Waals surface area contributed by atoms with Crippen LogP contribution in [0.1, 0.15) is 32.6 Å². The van der Waals surface area contributed by atoms with Crippen molar-refractivity contribution in [1.82, 2.24) is 16.0 Å². The Morgan fingerprint density at radius 2 is 1.57 bits per heavy atom. The molecule has 0 aromatic carbocycles. The molecule has 0 aliphatic heterocycles. The average molecular weight is 431 g/mol. The number of aliphatic imine (C=N–C) groups is 1. The number of nitrogens with one attached hydrogen (secondary N) is 3. The number of hydrogen-bond acceptors (Lipinski definition) is 7. The quantitative estimate of drug-likeness (QED) is 0.0762. The maximum absolute atomic E-state index is 12.5. The van der Waals surface area contributed by atoms with Crippen molar-refractivity contribution < 1.29 is 34.2 Å². The molecular weight excluding hydrogens is 402 g/mol. The molecule has 0 bridgehead atoms. The van der Waals surface area contributed by atoms with E-state index in [2.05, 4.69) is 20.9 Å². The minimum Gasteiger partial charge on any atom is -0.481 e. The van der Waals surface area contributed by atoms with E-state index < -0.39 is 54.3 Å². The van der Waals surface area contributed by atoms with Crippen molar-refractivity contribution in [1.29, 1.82) is 0 Å². The molecule has 0 heterocycles. The van der Waals surface area contributed by atoms with E-state index in [9.17, 15) is 24.0 Å². The van der Waals surface area contributed by atoms with Crippen LogP contribution in [0.15, 0.2) is 4.99 Å². The number of hydrogen-bond donors (Lipinski definition) is 8. The highest BCUT2D eigenvalue weighted by Crippen LogP contribution is 2.02. The number of nitrogens with two attached hydrogens (primary N) is 3. The zero-order chi connectivity index (χ0) is 23.3. The first-order chi connectivity index (χ1) is 13.9. The Balaban J connectivity index is 4.99. The molecule has 30 heavy (non-hydrogen) atoms. The number of nitrogens with zero attached hydrogens (tertiary/aromatic N) is 1. The van der Waals surface area contributed by atoms with Crippen LogP contribution >= 0.6 is 0 Å². The second-order valence-corrected chi connectivity index (χ2v) is 6.39. The number of carbonyl (C=O) groups excluding carboxylic acids is 3. The van der Waals surface area contributed by atoms with Crippen LogP contribution in [-0.2, 0) is 24.0 Å². The molecular formula is C16H29N7O7. The molecule has 170 valence electrons. The summed E-state index contributed by atoms with van der Waals surface area (Å²) >= 11 is 0. The minimum atomic E-state index is -1.25. The van der Waals surface area contributed by atoms with Crippen LogP contribution in [0.25, 0.3) is 0 Å². The van der Waals surface area contributed by atoms with E-state index in [0.717, 1.165) is 0 Å². The number of aliphatic carboxylic acids is 2. The number of rotatable bonds is 14. The second kappa shape index (κ2) is 13.7. The van der Waals surface area contributed by atoms with Gasteiger partial charge < -0.3 is 43.4 Å². The monoisotopic (exact) mass is 431 g/mol. The van der Waals surface area contributed by atoms with Crippen molar-refractivity contribution >= 4 is 35.6 Å². The lowest BCUT2D eigenvalue weighted by Crippen LogP contribution is -2.55. The summed E-state index contributed by atoms with van der Waals surface area (Å²) < 4.78 is 0. The van der Waals surface area contributed by atoms with Crippen molar-refractivity contribution in [2.75, 3.05) is 13.1 Å². The van der Waals surface area contributed by atoms with E-state index in [1.807, 2.05) is 0 Å². The van der Waals surface area contributed by atoms with E-state index in [0.29, 0.717) is 6.42 Å². The van der Waals surface area contributed by atoms with Crippen LogP contribution in [0, 0.1) is 0 Å². The van der Waals surface area contributed by atoms with Crippen LogP contribution in [0.3, 0.4) is 0 Å². The van der Waals surface area contributed by atoms with Crippen molar-refractivity contribution in [3.05, 3.63) is 0 Å². The Bertz CT molecular complexity index is 664. The maximum Gasteiger partial charge on any atom is 0.322 e. The van der Waals surface area contributed by atoms with E-state index in [4.69, 9.17) is 27.4 Å². The fourth-order valence-corrected chi connectivity index (χ4v) is 2.16. The predicted molar refractivity (Wildman–Crippen MR) is 105 cm³/mol. The molecule has 0 spiro atoms. The van der Waals surface area contributed by atoms with E-state index in [-0.39, 0.29) is 31.8 Å². The van der Waals surface area contributed by atoms with Crippen molar-refractivity contribution in [2.24, 2.45) is 22.2 Å². The van der Waals surface area contributed by atoms with Crippen molar-refractivity contribution in [2.45, 2.75) is 50.7 Å². The summed E-state index contributed by atoms with van der Waals surface area (Å²) in [5, 5.41) is 24.2. The molecule has 3 unspecified atom stereocenters. The van der Waals surface area contributed by atoms with Gasteiger partial charge >= 0.3 is 11.9 Å². The smallest absolute Gasteiger partial charge is 0.322 e. The summed E-state index contributed by atoms with van der Waals surface area (Å²) in [5.74, 6) is -4.68. The molecule has 11 N–H and O–H groups in total. The third kappa shape index (κ3) is 12.1. The van der Waals surface area contributed by atoms with Gasteiger partial charge in [0.25, 0.3) is 0 Å². The number of carbonyl (C=O) groups is 5. The summed E-state index contributed by atoms with van der Waals surface area (Å²) in [6.07, 6.45) is -0.0437. The highest BCUT2D eigenvalue weighted by Gasteiger charge is 2.26. The zero-order valence-corrected chi connectivity index (χ0v) is 16.6. The van der Waals surface area contributed by atoms with Gasteiger partial charge in [-0.25, -0.2) is 0 Å². The SMILES string of the molecule is CC(NC(=O)C(CCCN=C(N)N)NC(=O)C(N)CCC(=O)O)C(=O)NCC(=O)O. The van der Waals surface area contributed by atoms with Gasteiger partial charge in [0.15, 0.2) is 5.96 Å². The largest absolute Gasteiger partial charge is 0.481 e. The number of amides is 3. The van der Waals surface area contributed by atoms with Crippen LogP contribution in [0.5, 0.6) is 0 Å². The number of carboxylic acids is 2. The third-order valence-corrected chi connectivity index (χ3v) is 3.75. The zero-order valence-electron chi connectivity index (χ0n) is 16.6. The van der Waals surface area contributed by atoms with Gasteiger partial charge in [-0.2, -0.15) is 0 Å². The van der Waals surface area contributed by atoms with Gasteiger partial charge in [-0.15, -0.1) is 0 Å². The first kappa shape index (κ1) is 26.6. The lowest BCUT2D eigenvalue weighted by Gasteiger charge is -2.22. The van der Waals surface area contributed by atoms with Gasteiger partial charge in [0.2, 0.25) is 17.7 Å². The van der Waals surface area contributed by atoms with Crippen molar-refractivity contribution in [3.8, 4) is 0 Å². The summed E-state index contributed by atoms with van der Waals surface area (Å²) in [5.41, 5.74) is 16.1. The number of guanidine groups is 1. The van der Waals surface area contributed by atoms with Crippen LogP contribution in [0.4, 0.5) is 0 Å². The molecule has 0 aliphatic rings. The Morgan fingerprint density at radius 1 is 0.933 bits per heavy atom. The lowest BCUT2D eigenvalue weighted by atomic mass is 10.1. The number of carboxylic acid groups (broad SMARTS) is 2. The summed E-state index contributed by atoms with van der Waals surface area (Å²) in [7, 11) is 0. The van der Waals surface area contributed by atoms with Gasteiger partial charge in [-0.05, 0) is 26.2 Å². The molecule has 0 fully saturated rings. The van der Waals surface area contributed by atoms with Gasteiger partial charge in [0.1, 0.15) is 18.6 Å². The van der Waals surface area contributed by atoms with E-state index in [1.165, 1.54) is 6.92 Å². The first-order valence-corrected chi connectivity index (χ1v) is 9.07. The summed E-state index contributed by atoms with van der Waals surface area (Å²) in [6.45, 7) is 0.907. The van der Waals surface area contributed by atoms with Crippen LogP contribution < -0.4 is 33.2 Å². The molecule has 0 radical (unpaired) electrons. The molecule has 14 heteroatoms. The predicted octanol–water partition coefficient (Wildman–Crippen LogP) is -3.58. The lowest BCUT2D eigenvalue weighted by molar-refractivity contribution is -0.139. The second-order valence-electron chi connectivity index (χ2n) is 6.39. The molecule has 0 saturated heterocycles. The van der Waals surface area contributed by atoms with Crippen LogP contribution in [0.2, 0.25) is 0 Å². The summed E-state index contributed by atoms with van der Waals surface area (Å²) in [4.78, 5) is 61.4. The fraction of sp³-hybridized carbons (Fsp3) is 0.625. The summed E-state index contributed by atoms with van der Waals surface area (Å²) in [6, 6.07) is -3.32. The highest BCUT2D eigenvalue weighted by molar-refractivity contribution is 5.93. The topological polar surface area (TPSA) is 252 Å².